The molecule has 120 valence electrons. The summed E-state index contributed by atoms with van der Waals surface area (Å²) in [6, 6.07) is 6.22. The van der Waals surface area contributed by atoms with Crippen LogP contribution in [0.1, 0.15) is 16.5 Å². The van der Waals surface area contributed by atoms with Crippen LogP contribution in [0.15, 0.2) is 30.6 Å². The Labute approximate surface area is 135 Å². The molecule has 6 nitrogen and oxygen atoms in total. The Morgan fingerprint density at radius 3 is 2.65 bits per heavy atom. The third-order valence-electron chi connectivity index (χ3n) is 3.98. The second kappa shape index (κ2) is 5.88. The highest BCUT2D eigenvalue weighted by molar-refractivity contribution is 7.17. The Balaban J connectivity index is 1.81. The van der Waals surface area contributed by atoms with Gasteiger partial charge in [0.25, 0.3) is 0 Å². The van der Waals surface area contributed by atoms with E-state index in [1.807, 2.05) is 0 Å². The third kappa shape index (κ3) is 2.58. The number of morpholine rings is 1. The lowest BCUT2D eigenvalue weighted by Gasteiger charge is -2.34. The van der Waals surface area contributed by atoms with Crippen molar-refractivity contribution in [3.05, 3.63) is 46.9 Å². The molecule has 1 saturated heterocycles. The van der Waals surface area contributed by atoms with Gasteiger partial charge in [-0.25, -0.2) is 9.37 Å². The zero-order chi connectivity index (χ0) is 15.8. The number of aromatic hydroxyl groups is 1. The van der Waals surface area contributed by atoms with Crippen molar-refractivity contribution in [3.8, 4) is 5.88 Å². The summed E-state index contributed by atoms with van der Waals surface area (Å²) in [5.41, 5.74) is 0.924. The van der Waals surface area contributed by atoms with Gasteiger partial charge in [-0.2, -0.15) is 9.61 Å². The third-order valence-corrected chi connectivity index (χ3v) is 5.07. The van der Waals surface area contributed by atoms with Gasteiger partial charge in [0, 0.05) is 13.1 Å². The molecule has 23 heavy (non-hydrogen) atoms. The van der Waals surface area contributed by atoms with Crippen LogP contribution < -0.4 is 0 Å². The first kappa shape index (κ1) is 14.6. The second-order valence-electron chi connectivity index (χ2n) is 5.35. The van der Waals surface area contributed by atoms with Crippen molar-refractivity contribution in [2.45, 2.75) is 6.04 Å². The maximum absolute atomic E-state index is 13.3. The number of thiazole rings is 1. The number of ether oxygens (including phenoxy) is 1. The average Bonchev–Trinajstić information content (AvgIpc) is 3.15. The molecule has 2 aromatic heterocycles. The van der Waals surface area contributed by atoms with E-state index in [9.17, 15) is 9.50 Å². The maximum atomic E-state index is 13.3. The molecule has 1 aliphatic rings. The van der Waals surface area contributed by atoms with E-state index < -0.39 is 0 Å². The van der Waals surface area contributed by atoms with Crippen LogP contribution in [0.3, 0.4) is 0 Å². The van der Waals surface area contributed by atoms with Crippen molar-refractivity contribution < 1.29 is 14.2 Å². The number of hydrogen-bond acceptors (Lipinski definition) is 6. The minimum atomic E-state index is -0.277. The van der Waals surface area contributed by atoms with Gasteiger partial charge in [-0.15, -0.1) is 0 Å². The summed E-state index contributed by atoms with van der Waals surface area (Å²) in [5.74, 6) is -0.190. The normalized spacial score (nSPS) is 17.6. The lowest BCUT2D eigenvalue weighted by molar-refractivity contribution is 0.0241. The van der Waals surface area contributed by atoms with Crippen LogP contribution in [0, 0.1) is 5.82 Å². The minimum Gasteiger partial charge on any atom is -0.492 e. The summed E-state index contributed by atoms with van der Waals surface area (Å²) in [6.45, 7) is 2.77. The predicted octanol–water partition coefficient (Wildman–Crippen LogP) is 2.06. The molecular weight excluding hydrogens is 319 g/mol. The van der Waals surface area contributed by atoms with Crippen LogP contribution in [0.25, 0.3) is 4.96 Å². The lowest BCUT2D eigenvalue weighted by Crippen LogP contribution is -2.39. The molecule has 0 unspecified atom stereocenters. The number of halogens is 1. The lowest BCUT2D eigenvalue weighted by atomic mass is 10.0. The Morgan fingerprint density at radius 1 is 1.22 bits per heavy atom. The monoisotopic (exact) mass is 334 g/mol. The molecule has 0 spiro atoms. The number of fused-ring (bicyclic) bond motifs is 1. The number of benzene rings is 1. The van der Waals surface area contributed by atoms with Crippen molar-refractivity contribution in [2.24, 2.45) is 0 Å². The van der Waals surface area contributed by atoms with Crippen molar-refractivity contribution in [1.29, 1.82) is 0 Å². The minimum absolute atomic E-state index is 0.0864. The van der Waals surface area contributed by atoms with Gasteiger partial charge in [-0.1, -0.05) is 23.5 Å². The Morgan fingerprint density at radius 2 is 1.96 bits per heavy atom. The van der Waals surface area contributed by atoms with E-state index in [0.29, 0.717) is 18.2 Å². The van der Waals surface area contributed by atoms with Crippen LogP contribution in [-0.4, -0.2) is 50.9 Å². The molecule has 0 radical (unpaired) electrons. The van der Waals surface area contributed by atoms with Crippen molar-refractivity contribution >= 4 is 16.3 Å². The van der Waals surface area contributed by atoms with E-state index in [-0.39, 0.29) is 17.7 Å². The SMILES string of the molecule is Oc1c([C@H](c2ccc(F)cc2)N2CCOCC2)sc2ncnn12. The zero-order valence-electron chi connectivity index (χ0n) is 12.2. The fourth-order valence-corrected chi connectivity index (χ4v) is 3.97. The molecule has 0 aliphatic carbocycles. The summed E-state index contributed by atoms with van der Waals surface area (Å²) in [6.07, 6.45) is 1.41. The van der Waals surface area contributed by atoms with E-state index >= 15 is 0 Å². The van der Waals surface area contributed by atoms with Crippen LogP contribution in [0.4, 0.5) is 4.39 Å². The van der Waals surface area contributed by atoms with Gasteiger partial charge < -0.3 is 9.84 Å². The molecule has 1 N–H and O–H groups in total. The van der Waals surface area contributed by atoms with Crippen LogP contribution in [-0.2, 0) is 4.74 Å². The van der Waals surface area contributed by atoms with E-state index in [2.05, 4.69) is 15.0 Å². The van der Waals surface area contributed by atoms with Gasteiger partial charge in [0.15, 0.2) is 0 Å². The number of hydrogen-bond donors (Lipinski definition) is 1. The Kier molecular flexibility index (Phi) is 3.72. The highest BCUT2D eigenvalue weighted by atomic mass is 32.1. The maximum Gasteiger partial charge on any atom is 0.230 e. The number of aromatic nitrogens is 3. The smallest absolute Gasteiger partial charge is 0.230 e. The molecule has 8 heteroatoms. The number of nitrogens with zero attached hydrogens (tertiary/aromatic N) is 4. The predicted molar refractivity (Wildman–Crippen MR) is 83.2 cm³/mol. The molecule has 3 aromatic rings. The fraction of sp³-hybridized carbons (Fsp3) is 0.333. The van der Waals surface area contributed by atoms with Gasteiger partial charge >= 0.3 is 0 Å². The molecule has 0 saturated carbocycles. The van der Waals surface area contributed by atoms with Gasteiger partial charge in [0.2, 0.25) is 10.8 Å². The van der Waals surface area contributed by atoms with Gasteiger partial charge in [0.1, 0.15) is 12.1 Å². The first-order valence-electron chi connectivity index (χ1n) is 7.32. The zero-order valence-corrected chi connectivity index (χ0v) is 13.0. The van der Waals surface area contributed by atoms with Crippen LogP contribution >= 0.6 is 11.3 Å². The first-order chi connectivity index (χ1) is 11.2. The van der Waals surface area contributed by atoms with Gasteiger partial charge in [-0.3, -0.25) is 4.90 Å². The van der Waals surface area contributed by atoms with E-state index in [1.165, 1.54) is 34.3 Å². The summed E-state index contributed by atoms with van der Waals surface area (Å²) in [5, 5.41) is 14.6. The first-order valence-corrected chi connectivity index (χ1v) is 8.14. The quantitative estimate of drug-likeness (QED) is 0.794. The van der Waals surface area contributed by atoms with Gasteiger partial charge in [0.05, 0.1) is 24.1 Å². The molecule has 3 heterocycles. The molecule has 0 amide bonds. The molecule has 1 aliphatic heterocycles. The van der Waals surface area contributed by atoms with E-state index in [0.717, 1.165) is 23.5 Å². The summed E-state index contributed by atoms with van der Waals surface area (Å²) in [4.78, 5) is 7.76. The number of rotatable bonds is 3. The molecule has 4 rings (SSSR count). The Bertz CT molecular complexity index is 811. The topological polar surface area (TPSA) is 62.9 Å². The van der Waals surface area contributed by atoms with Crippen LogP contribution in [0.2, 0.25) is 0 Å². The fourth-order valence-electron chi connectivity index (χ4n) is 2.88. The summed E-state index contributed by atoms with van der Waals surface area (Å²) in [7, 11) is 0. The van der Waals surface area contributed by atoms with Gasteiger partial charge in [-0.05, 0) is 17.7 Å². The standard InChI is InChI=1S/C15H15FN4O2S/c16-11-3-1-10(2-4-11)12(19-5-7-22-8-6-19)13-14(21)20-15(23-13)17-9-18-20/h1-4,9,12,21H,5-8H2/t12-/m0/s1. The molecule has 1 fully saturated rings. The largest absolute Gasteiger partial charge is 0.492 e. The highest BCUT2D eigenvalue weighted by Gasteiger charge is 2.30. The van der Waals surface area contributed by atoms with E-state index in [4.69, 9.17) is 4.74 Å². The van der Waals surface area contributed by atoms with Crippen molar-refractivity contribution in [2.75, 3.05) is 26.3 Å². The Hall–Kier alpha value is -2.03. The second-order valence-corrected chi connectivity index (χ2v) is 6.36. The molecular formula is C15H15FN4O2S. The summed E-state index contributed by atoms with van der Waals surface area (Å²) >= 11 is 1.39. The van der Waals surface area contributed by atoms with Crippen LogP contribution in [0.5, 0.6) is 5.88 Å². The molecule has 1 aromatic carbocycles. The van der Waals surface area contributed by atoms with Crippen molar-refractivity contribution in [3.63, 3.8) is 0 Å². The average molecular weight is 334 g/mol. The molecule has 1 atom stereocenters. The van der Waals surface area contributed by atoms with Crippen molar-refractivity contribution in [1.82, 2.24) is 19.5 Å². The summed E-state index contributed by atoms with van der Waals surface area (Å²) < 4.78 is 20.1. The highest BCUT2D eigenvalue weighted by Crippen LogP contribution is 2.39. The van der Waals surface area contributed by atoms with E-state index in [1.54, 1.807) is 12.1 Å². The molecule has 0 bridgehead atoms.